The van der Waals surface area contributed by atoms with Crippen LogP contribution < -0.4 is 26.5 Å². The van der Waals surface area contributed by atoms with E-state index in [-0.39, 0.29) is 17.3 Å². The molecule has 3 N–H and O–H groups in total. The third kappa shape index (κ3) is 6.48. The number of amides is 1. The number of hydrogen-bond acceptors (Lipinski definition) is 8. The van der Waals surface area contributed by atoms with E-state index in [1.54, 1.807) is 13.2 Å². The largest absolute Gasteiger partial charge is 0.380 e. The molecule has 0 radical (unpaired) electrons. The number of ether oxygens (including phenoxy) is 2. The molecule has 0 saturated carbocycles. The minimum Gasteiger partial charge on any atom is -0.380 e. The van der Waals surface area contributed by atoms with E-state index in [1.165, 1.54) is 10.8 Å². The summed E-state index contributed by atoms with van der Waals surface area (Å²) in [6.07, 6.45) is 7.21. The molecule has 0 aliphatic carbocycles. The van der Waals surface area contributed by atoms with Gasteiger partial charge < -0.3 is 25.4 Å². The van der Waals surface area contributed by atoms with Crippen molar-refractivity contribution in [3.8, 4) is 5.82 Å². The minimum absolute atomic E-state index is 0.0351. The third-order valence-electron chi connectivity index (χ3n) is 7.47. The Labute approximate surface area is 238 Å². The fourth-order valence-corrected chi connectivity index (χ4v) is 5.28. The van der Waals surface area contributed by atoms with Gasteiger partial charge in [-0.05, 0) is 43.2 Å². The van der Waals surface area contributed by atoms with E-state index in [1.807, 2.05) is 31.2 Å². The molecule has 2 aromatic heterocycles. The minimum atomic E-state index is -0.664. The van der Waals surface area contributed by atoms with Gasteiger partial charge in [-0.3, -0.25) is 14.3 Å². The number of nitrogens with zero attached hydrogens (tertiary/aromatic N) is 5. The number of nitrogens with two attached hydrogens (primary N) is 1. The zero-order valence-corrected chi connectivity index (χ0v) is 23.5. The number of carbonyl (C=O) groups is 1. The maximum atomic E-state index is 15.1. The highest BCUT2D eigenvalue weighted by molar-refractivity contribution is 5.93. The predicted molar refractivity (Wildman–Crippen MR) is 157 cm³/mol. The van der Waals surface area contributed by atoms with E-state index >= 15 is 4.39 Å². The lowest BCUT2D eigenvalue weighted by atomic mass is 10.1. The molecule has 2 aliphatic heterocycles. The maximum absolute atomic E-state index is 15.1. The first-order chi connectivity index (χ1) is 19.8. The Morgan fingerprint density at radius 1 is 1.32 bits per heavy atom. The van der Waals surface area contributed by atoms with Gasteiger partial charge >= 0.3 is 0 Å². The average molecular weight is 562 g/mol. The Kier molecular flexibility index (Phi) is 8.77. The van der Waals surface area contributed by atoms with Crippen LogP contribution in [0.25, 0.3) is 18.5 Å². The number of nitrogens with one attached hydrogen (secondary N) is 1. The summed E-state index contributed by atoms with van der Waals surface area (Å²) in [5.41, 5.74) is 8.55. The number of rotatable bonds is 9. The molecule has 2 saturated heterocycles. The molecule has 1 unspecified atom stereocenters. The van der Waals surface area contributed by atoms with Gasteiger partial charge in [-0.25, -0.2) is 9.37 Å². The van der Waals surface area contributed by atoms with E-state index < -0.39 is 11.7 Å². The summed E-state index contributed by atoms with van der Waals surface area (Å²) >= 11 is 0. The summed E-state index contributed by atoms with van der Waals surface area (Å²) in [4.78, 5) is 25.6. The van der Waals surface area contributed by atoms with Gasteiger partial charge in [-0.2, -0.15) is 4.98 Å². The Hall–Kier alpha value is -4.06. The number of allylic oxidation sites excluding steroid dienone is 1. The summed E-state index contributed by atoms with van der Waals surface area (Å²) in [7, 11) is 1.60. The number of halogens is 1. The van der Waals surface area contributed by atoms with Gasteiger partial charge in [0.05, 0.1) is 30.3 Å². The SMILES string of the molecule is C=c1c(C(N)=O)cn(-c2nc(Nc3cccc(N4CCN(C5CCOC5)CC4)c3)ncc2F)/c1=C/C=C(\C)COC. The van der Waals surface area contributed by atoms with Crippen molar-refractivity contribution in [2.75, 3.05) is 63.3 Å². The monoisotopic (exact) mass is 561 g/mol. The Morgan fingerprint density at radius 2 is 2.12 bits per heavy atom. The van der Waals surface area contributed by atoms with Gasteiger partial charge in [0, 0.05) is 68.7 Å². The molecule has 41 heavy (non-hydrogen) atoms. The Balaban J connectivity index is 1.39. The first kappa shape index (κ1) is 28.5. The molecule has 0 bridgehead atoms. The second-order valence-corrected chi connectivity index (χ2v) is 10.3. The van der Waals surface area contributed by atoms with Crippen molar-refractivity contribution >= 4 is 35.9 Å². The van der Waals surface area contributed by atoms with Gasteiger partial charge in [-0.15, -0.1) is 0 Å². The molecule has 5 rings (SSSR count). The van der Waals surface area contributed by atoms with Crippen molar-refractivity contribution in [2.45, 2.75) is 19.4 Å². The van der Waals surface area contributed by atoms with Crippen LogP contribution in [-0.4, -0.2) is 84.5 Å². The van der Waals surface area contributed by atoms with Gasteiger partial charge in [0.2, 0.25) is 5.95 Å². The zero-order valence-electron chi connectivity index (χ0n) is 23.5. The average Bonchev–Trinajstić information content (AvgIpc) is 3.62. The highest BCUT2D eigenvalue weighted by atomic mass is 19.1. The van der Waals surface area contributed by atoms with Crippen molar-refractivity contribution in [1.82, 2.24) is 19.4 Å². The van der Waals surface area contributed by atoms with Crippen LogP contribution >= 0.6 is 0 Å². The van der Waals surface area contributed by atoms with Crippen LogP contribution in [0.4, 0.5) is 21.7 Å². The lowest BCUT2D eigenvalue weighted by molar-refractivity contribution is 0.0999. The predicted octanol–water partition coefficient (Wildman–Crippen LogP) is 1.94. The summed E-state index contributed by atoms with van der Waals surface area (Å²) in [5.74, 6) is -1.15. The van der Waals surface area contributed by atoms with E-state index in [2.05, 4.69) is 37.7 Å². The van der Waals surface area contributed by atoms with Crippen LogP contribution in [0.3, 0.4) is 0 Å². The fraction of sp³-hybridized carbons (Fsp3) is 0.367. The van der Waals surface area contributed by atoms with Crippen LogP contribution in [0.15, 0.2) is 48.3 Å². The second-order valence-electron chi connectivity index (χ2n) is 10.3. The lowest BCUT2D eigenvalue weighted by Gasteiger charge is -2.38. The van der Waals surface area contributed by atoms with Crippen molar-refractivity contribution in [3.63, 3.8) is 0 Å². The van der Waals surface area contributed by atoms with E-state index in [0.29, 0.717) is 23.2 Å². The van der Waals surface area contributed by atoms with Gasteiger partial charge in [0.25, 0.3) is 5.91 Å². The highest BCUT2D eigenvalue weighted by Crippen LogP contribution is 2.24. The third-order valence-corrected chi connectivity index (χ3v) is 7.47. The number of piperazine rings is 1. The van der Waals surface area contributed by atoms with E-state index in [0.717, 1.165) is 69.0 Å². The number of methoxy groups -OCH3 is 1. The molecule has 2 fully saturated rings. The summed E-state index contributed by atoms with van der Waals surface area (Å²) < 4.78 is 27.3. The number of carbonyl (C=O) groups excluding carboxylic acids is 1. The van der Waals surface area contributed by atoms with Crippen molar-refractivity contribution in [2.24, 2.45) is 5.73 Å². The summed E-state index contributed by atoms with van der Waals surface area (Å²) in [5, 5.41) is 4.05. The number of aromatic nitrogens is 3. The molecule has 3 aromatic rings. The molecule has 1 amide bonds. The van der Waals surface area contributed by atoms with Gasteiger partial charge in [-0.1, -0.05) is 18.7 Å². The van der Waals surface area contributed by atoms with Crippen LogP contribution in [0.2, 0.25) is 0 Å². The molecular formula is C30H36FN7O3. The number of primary amides is 1. The topological polar surface area (TPSA) is 111 Å². The quantitative estimate of drug-likeness (QED) is 0.408. The number of hydrogen-bond donors (Lipinski definition) is 2. The molecule has 2 aliphatic rings. The molecule has 11 heteroatoms. The van der Waals surface area contributed by atoms with Crippen LogP contribution in [0, 0.1) is 5.82 Å². The molecule has 1 aromatic carbocycles. The molecule has 216 valence electrons. The van der Waals surface area contributed by atoms with E-state index in [9.17, 15) is 4.79 Å². The van der Waals surface area contributed by atoms with E-state index in [4.69, 9.17) is 15.2 Å². The first-order valence-corrected chi connectivity index (χ1v) is 13.7. The van der Waals surface area contributed by atoms with Gasteiger partial charge in [0.15, 0.2) is 11.6 Å². The number of anilines is 3. The summed E-state index contributed by atoms with van der Waals surface area (Å²) in [6, 6.07) is 8.54. The second kappa shape index (κ2) is 12.6. The standard InChI is InChI=1S/C30H36FN7O3/c1-20(18-40-3)7-8-27-21(2)25(28(32)39)17-38(27)29-26(31)16-33-30(35-29)34-22-5-4-6-23(15-22)36-10-12-37(13-11-36)24-9-14-41-19-24/h4-8,15-17,24H,2,9-14,18-19H2,1,3H3,(H2,32,39)(H,33,34,35)/b20-7+,27-8+. The zero-order chi connectivity index (χ0) is 28.9. The Morgan fingerprint density at radius 3 is 2.83 bits per heavy atom. The lowest BCUT2D eigenvalue weighted by Crippen LogP contribution is -2.50. The normalized spacial score (nSPS) is 18.7. The van der Waals surface area contributed by atoms with Gasteiger partial charge in [0.1, 0.15) is 0 Å². The highest BCUT2D eigenvalue weighted by Gasteiger charge is 2.27. The maximum Gasteiger partial charge on any atom is 0.250 e. The molecule has 10 nitrogen and oxygen atoms in total. The first-order valence-electron chi connectivity index (χ1n) is 13.7. The molecule has 0 spiro atoms. The smallest absolute Gasteiger partial charge is 0.250 e. The van der Waals surface area contributed by atoms with Crippen LogP contribution in [-0.2, 0) is 9.47 Å². The molecule has 4 heterocycles. The Bertz CT molecular complexity index is 1540. The molecule has 1 atom stereocenters. The molecular weight excluding hydrogens is 525 g/mol. The number of benzene rings is 1. The van der Waals surface area contributed by atoms with Crippen molar-refractivity contribution in [3.05, 3.63) is 70.3 Å². The van der Waals surface area contributed by atoms with Crippen LogP contribution in [0.5, 0.6) is 0 Å². The van der Waals surface area contributed by atoms with Crippen LogP contribution in [0.1, 0.15) is 23.7 Å². The fourth-order valence-electron chi connectivity index (χ4n) is 5.28. The van der Waals surface area contributed by atoms with Crippen molar-refractivity contribution in [1.29, 1.82) is 0 Å². The van der Waals surface area contributed by atoms with Crippen molar-refractivity contribution < 1.29 is 18.7 Å². The summed E-state index contributed by atoms with van der Waals surface area (Å²) in [6.45, 7) is 11.8.